The van der Waals surface area contributed by atoms with E-state index < -0.39 is 125 Å². The number of hydrogen-bond donors (Lipinski definition) is 0. The van der Waals surface area contributed by atoms with Gasteiger partial charge in [-0.25, -0.2) is 0 Å². The second kappa shape index (κ2) is 10.2. The van der Waals surface area contributed by atoms with Gasteiger partial charge in [0.1, 0.15) is 0 Å². The number of hydrogen-bond acceptors (Lipinski definition) is 0. The third-order valence-corrected chi connectivity index (χ3v) is 19.9. The molecule has 0 aromatic carbocycles. The molecule has 0 aliphatic carbocycles. The van der Waals surface area contributed by atoms with E-state index in [-0.39, 0.29) is 0 Å². The number of halogens is 12. The van der Waals surface area contributed by atoms with Crippen LogP contribution in [0.3, 0.4) is 0 Å². The van der Waals surface area contributed by atoms with Gasteiger partial charge in [0, 0.05) is 72.5 Å². The first kappa shape index (κ1) is 28.5. The van der Waals surface area contributed by atoms with Gasteiger partial charge in [0.2, 0.25) is 0 Å². The van der Waals surface area contributed by atoms with E-state index in [0.29, 0.717) is 0 Å². The lowest BCUT2D eigenvalue weighted by atomic mass is 10.9. The lowest BCUT2D eigenvalue weighted by Gasteiger charge is -2.23. The maximum absolute atomic E-state index is 13.9. The Morgan fingerprint density at radius 2 is 0.267 bits per heavy atom. The lowest BCUT2D eigenvalue weighted by Crippen LogP contribution is -2.36. The Balaban J connectivity index is 2.96. The topological polar surface area (TPSA) is 0 Å². The van der Waals surface area contributed by atoms with Crippen LogP contribution in [-0.2, 0) is 0 Å². The molecule has 1 fully saturated rings. The summed E-state index contributed by atoms with van der Waals surface area (Å²) in [6.45, 7) is 0. The molecular formula is C12H24F12Si6. The summed E-state index contributed by atoms with van der Waals surface area (Å²) in [6.07, 6.45) is 0. The van der Waals surface area contributed by atoms with Gasteiger partial charge in [-0.1, -0.05) is 0 Å². The minimum Gasteiger partial charge on any atom is -0.270 e. The molecule has 0 unspecified atom stereocenters. The smallest absolute Gasteiger partial charge is 0.270 e. The maximum Gasteiger partial charge on any atom is 0.424 e. The second-order valence-electron chi connectivity index (χ2n) is 8.14. The van der Waals surface area contributed by atoms with E-state index >= 15 is 0 Å². The van der Waals surface area contributed by atoms with Crippen molar-refractivity contribution >= 4 is 52.4 Å². The molecule has 1 aliphatic rings. The van der Waals surface area contributed by atoms with Gasteiger partial charge in [-0.3, -0.25) is 49.3 Å². The van der Waals surface area contributed by atoms with E-state index in [1.807, 2.05) is 0 Å². The Hall–Kier alpha value is 0.461. The highest BCUT2D eigenvalue weighted by molar-refractivity contribution is 6.78. The van der Waals surface area contributed by atoms with Crippen LogP contribution in [0.5, 0.6) is 0 Å². The summed E-state index contributed by atoms with van der Waals surface area (Å²) in [4.78, 5) is 0. The first-order valence-corrected chi connectivity index (χ1v) is 22.5. The van der Waals surface area contributed by atoms with Crippen molar-refractivity contribution in [1.82, 2.24) is 0 Å². The van der Waals surface area contributed by atoms with Gasteiger partial charge < -0.3 is 0 Å². The van der Waals surface area contributed by atoms with Crippen LogP contribution in [-0.4, -0.2) is 52.4 Å². The van der Waals surface area contributed by atoms with Crippen molar-refractivity contribution in [2.45, 2.75) is 72.5 Å². The monoisotopic (exact) mass is 564 g/mol. The van der Waals surface area contributed by atoms with E-state index in [9.17, 15) is 49.3 Å². The van der Waals surface area contributed by atoms with Gasteiger partial charge in [-0.05, 0) is 0 Å². The minimum absolute atomic E-state index is 1.31. The van der Waals surface area contributed by atoms with Gasteiger partial charge >= 0.3 is 52.4 Å². The number of rotatable bonds is 0. The Morgan fingerprint density at radius 1 is 0.200 bits per heavy atom. The lowest BCUT2D eigenvalue weighted by molar-refractivity contribution is 0.536. The first-order chi connectivity index (χ1) is 13.2. The summed E-state index contributed by atoms with van der Waals surface area (Å²) in [5.74, 6) is 0. The zero-order valence-corrected chi connectivity index (χ0v) is 22.0. The molecule has 0 radical (unpaired) electrons. The van der Waals surface area contributed by atoms with Gasteiger partial charge in [-0.15, -0.1) is 0 Å². The molecule has 0 aromatic heterocycles. The summed E-state index contributed by atoms with van der Waals surface area (Å²) in [5, 5.41) is 0. The van der Waals surface area contributed by atoms with Crippen LogP contribution < -0.4 is 0 Å². The molecule has 0 aromatic rings. The molecule has 0 bridgehead atoms. The van der Waals surface area contributed by atoms with Gasteiger partial charge in [-0.2, -0.15) is 0 Å². The third-order valence-electron chi connectivity index (χ3n) is 5.14. The normalized spacial score (nSPS) is 30.0. The van der Waals surface area contributed by atoms with Crippen molar-refractivity contribution in [3.05, 3.63) is 0 Å². The average molecular weight is 565 g/mol. The quantitative estimate of drug-likeness (QED) is 0.158. The van der Waals surface area contributed by atoms with Gasteiger partial charge in [0.05, 0.1) is 0 Å². The molecule has 0 spiro atoms. The molecule has 180 valence electrons. The summed E-state index contributed by atoms with van der Waals surface area (Å²) in [6, 6.07) is -15.7. The highest BCUT2D eigenvalue weighted by atomic mass is 28.4. The first-order valence-electron chi connectivity index (χ1n) is 9.51. The molecule has 0 atom stereocenters. The Kier molecular flexibility index (Phi) is 9.65. The van der Waals surface area contributed by atoms with Crippen molar-refractivity contribution in [3.63, 3.8) is 0 Å². The molecule has 1 aliphatic heterocycles. The van der Waals surface area contributed by atoms with Crippen molar-refractivity contribution in [3.8, 4) is 0 Å². The van der Waals surface area contributed by atoms with Crippen LogP contribution in [0, 0.1) is 0 Å². The Morgan fingerprint density at radius 3 is 0.333 bits per heavy atom. The molecule has 18 heteroatoms. The maximum atomic E-state index is 13.9. The molecular weight excluding hydrogens is 541 g/mol. The highest BCUT2D eigenvalue weighted by Crippen LogP contribution is 2.40. The third kappa shape index (κ3) is 11.9. The molecule has 1 heterocycles. The summed E-state index contributed by atoms with van der Waals surface area (Å²) >= 11 is 0. The van der Waals surface area contributed by atoms with Crippen LogP contribution in [0.1, 0.15) is 0 Å². The zero-order valence-electron chi connectivity index (χ0n) is 16.0. The van der Waals surface area contributed by atoms with Gasteiger partial charge in [0.15, 0.2) is 0 Å². The van der Waals surface area contributed by atoms with E-state index in [4.69, 9.17) is 0 Å². The van der Waals surface area contributed by atoms with Crippen molar-refractivity contribution < 1.29 is 49.3 Å². The van der Waals surface area contributed by atoms with Crippen molar-refractivity contribution in [2.24, 2.45) is 0 Å². The molecule has 0 saturated carbocycles. The Labute approximate surface area is 174 Å². The summed E-state index contributed by atoms with van der Waals surface area (Å²) in [5.41, 5.74) is 0. The second-order valence-corrected chi connectivity index (χ2v) is 24.4. The van der Waals surface area contributed by atoms with Crippen LogP contribution in [0.2, 0.25) is 72.5 Å². The predicted octanol–water partition coefficient (Wildman–Crippen LogP) is 8.29. The molecule has 0 N–H and O–H groups in total. The minimum atomic E-state index is -5.44. The van der Waals surface area contributed by atoms with Crippen LogP contribution in [0.4, 0.5) is 49.3 Å². The fourth-order valence-electron chi connectivity index (χ4n) is 2.94. The standard InChI is InChI=1S/C12H24F12Si6/c13-25(14)1-2-26(15,16)5-6-28(19,20)9-10-30(23,24)12-11-29(21,22)8-7-27(17,18)4-3-25/h1-12H2. The van der Waals surface area contributed by atoms with E-state index in [2.05, 4.69) is 0 Å². The molecule has 30 heavy (non-hydrogen) atoms. The van der Waals surface area contributed by atoms with Crippen molar-refractivity contribution in [1.29, 1.82) is 0 Å². The Bertz CT molecular complexity index is 398. The fourth-order valence-corrected chi connectivity index (χ4v) is 22.0. The predicted molar refractivity (Wildman–Crippen MR) is 106 cm³/mol. The fraction of sp³-hybridized carbons (Fsp3) is 1.00. The molecule has 1 saturated heterocycles. The van der Waals surface area contributed by atoms with Crippen LogP contribution in [0.25, 0.3) is 0 Å². The van der Waals surface area contributed by atoms with E-state index in [1.165, 1.54) is 0 Å². The summed E-state index contributed by atoms with van der Waals surface area (Å²) < 4.78 is 166. The average Bonchev–Trinajstić information content (AvgIpc) is 2.60. The molecule has 0 nitrogen and oxygen atoms in total. The molecule has 1 rings (SSSR count). The van der Waals surface area contributed by atoms with Crippen LogP contribution in [0.15, 0.2) is 0 Å². The van der Waals surface area contributed by atoms with E-state index in [1.54, 1.807) is 0 Å². The van der Waals surface area contributed by atoms with Gasteiger partial charge in [0.25, 0.3) is 0 Å². The zero-order chi connectivity index (χ0) is 23.5. The SMILES string of the molecule is F[Si]1(F)CC[Si](F)(F)CC[Si](F)(F)CC[Si](F)(F)CC[Si](F)(F)CC[Si](F)(F)CC1. The van der Waals surface area contributed by atoms with E-state index in [0.717, 1.165) is 0 Å². The highest BCUT2D eigenvalue weighted by Gasteiger charge is 2.51. The van der Waals surface area contributed by atoms with Crippen LogP contribution >= 0.6 is 0 Å². The largest absolute Gasteiger partial charge is 0.424 e. The van der Waals surface area contributed by atoms with Crippen molar-refractivity contribution in [2.75, 3.05) is 0 Å². The molecule has 0 amide bonds. The summed E-state index contributed by atoms with van der Waals surface area (Å²) in [7, 11) is -32.6.